The molecule has 1 aromatic rings. The monoisotopic (exact) mass is 249 g/mol. The summed E-state index contributed by atoms with van der Waals surface area (Å²) in [5.74, 6) is -0.265. The summed E-state index contributed by atoms with van der Waals surface area (Å²) in [5, 5.41) is 3.14. The number of benzene rings is 1. The number of rotatable bonds is 4. The Morgan fingerprint density at radius 1 is 1.24 bits per heavy atom. The van der Waals surface area contributed by atoms with Crippen molar-refractivity contribution in [1.29, 1.82) is 0 Å². The van der Waals surface area contributed by atoms with Gasteiger partial charge >= 0.3 is 12.5 Å². The third kappa shape index (κ3) is 2.69. The molecule has 17 heavy (non-hydrogen) atoms. The van der Waals surface area contributed by atoms with Gasteiger partial charge in [-0.3, -0.25) is 0 Å². The molecule has 1 aromatic carbocycles. The fourth-order valence-electron chi connectivity index (χ4n) is 1.54. The standard InChI is InChI=1S/C11H11F4NO/c12-10(13)11(14,15)17-8-3-1-7(2-4-8)9-5-6-16-9/h1-4,9-10,16H,5-6H2/t9-/m0/s1. The van der Waals surface area contributed by atoms with Gasteiger partial charge in [0.25, 0.3) is 0 Å². The van der Waals surface area contributed by atoms with Crippen LogP contribution in [0.25, 0.3) is 0 Å². The quantitative estimate of drug-likeness (QED) is 0.828. The van der Waals surface area contributed by atoms with Crippen molar-refractivity contribution in [3.63, 3.8) is 0 Å². The zero-order chi connectivity index (χ0) is 12.5. The molecule has 1 saturated heterocycles. The van der Waals surface area contributed by atoms with Crippen LogP contribution in [0.4, 0.5) is 17.6 Å². The van der Waals surface area contributed by atoms with Crippen molar-refractivity contribution in [2.24, 2.45) is 0 Å². The second-order valence-corrected chi connectivity index (χ2v) is 3.83. The van der Waals surface area contributed by atoms with Crippen molar-refractivity contribution in [2.45, 2.75) is 25.0 Å². The van der Waals surface area contributed by atoms with Crippen LogP contribution in [0.3, 0.4) is 0 Å². The first kappa shape index (κ1) is 12.2. The Hall–Kier alpha value is -1.30. The third-order valence-corrected chi connectivity index (χ3v) is 2.61. The maximum atomic E-state index is 12.6. The summed E-state index contributed by atoms with van der Waals surface area (Å²) in [7, 11) is 0. The fourth-order valence-corrected chi connectivity index (χ4v) is 1.54. The fraction of sp³-hybridized carbons (Fsp3) is 0.455. The third-order valence-electron chi connectivity index (χ3n) is 2.61. The van der Waals surface area contributed by atoms with Crippen molar-refractivity contribution in [3.8, 4) is 5.75 Å². The number of ether oxygens (including phenoxy) is 1. The van der Waals surface area contributed by atoms with E-state index in [1.165, 1.54) is 12.1 Å². The average Bonchev–Trinajstić information content (AvgIpc) is 2.17. The first-order valence-corrected chi connectivity index (χ1v) is 5.17. The van der Waals surface area contributed by atoms with Crippen LogP contribution in [0.15, 0.2) is 24.3 Å². The predicted octanol–water partition coefficient (Wildman–Crippen LogP) is 2.96. The lowest BCUT2D eigenvalue weighted by Crippen LogP contribution is -2.35. The van der Waals surface area contributed by atoms with E-state index in [9.17, 15) is 17.6 Å². The highest BCUT2D eigenvalue weighted by molar-refractivity contribution is 5.30. The van der Waals surface area contributed by atoms with Gasteiger partial charge in [0.1, 0.15) is 5.75 Å². The Morgan fingerprint density at radius 2 is 1.82 bits per heavy atom. The Morgan fingerprint density at radius 3 is 2.24 bits per heavy atom. The molecule has 1 aliphatic heterocycles. The molecule has 0 bridgehead atoms. The molecular formula is C11H11F4NO. The van der Waals surface area contributed by atoms with Gasteiger partial charge in [-0.2, -0.15) is 17.6 Å². The first-order chi connectivity index (χ1) is 7.99. The Balaban J connectivity index is 2.02. The second-order valence-electron chi connectivity index (χ2n) is 3.83. The summed E-state index contributed by atoms with van der Waals surface area (Å²) in [5.41, 5.74) is 0.934. The minimum absolute atomic E-state index is 0.222. The first-order valence-electron chi connectivity index (χ1n) is 5.17. The largest absolute Gasteiger partial charge is 0.461 e. The second kappa shape index (κ2) is 4.52. The van der Waals surface area contributed by atoms with Crippen molar-refractivity contribution in [1.82, 2.24) is 5.32 Å². The van der Waals surface area contributed by atoms with Crippen LogP contribution in [0.2, 0.25) is 0 Å². The van der Waals surface area contributed by atoms with Crippen molar-refractivity contribution < 1.29 is 22.3 Å². The molecule has 2 rings (SSSR count). The van der Waals surface area contributed by atoms with Gasteiger partial charge in [-0.05, 0) is 30.7 Å². The maximum Gasteiger partial charge on any atom is 0.461 e. The van der Waals surface area contributed by atoms with E-state index in [4.69, 9.17) is 0 Å². The summed E-state index contributed by atoms with van der Waals surface area (Å²) in [6.45, 7) is 0.923. The molecule has 94 valence electrons. The van der Waals surface area contributed by atoms with E-state index in [1.54, 1.807) is 12.1 Å². The molecule has 0 aliphatic carbocycles. The Labute approximate surface area is 95.6 Å². The molecule has 1 heterocycles. The minimum atomic E-state index is -4.45. The van der Waals surface area contributed by atoms with Crippen LogP contribution < -0.4 is 10.1 Å². The van der Waals surface area contributed by atoms with E-state index in [-0.39, 0.29) is 11.8 Å². The van der Waals surface area contributed by atoms with Crippen molar-refractivity contribution in [2.75, 3.05) is 6.54 Å². The van der Waals surface area contributed by atoms with Gasteiger partial charge in [0.2, 0.25) is 0 Å². The lowest BCUT2D eigenvalue weighted by atomic mass is 9.98. The number of alkyl halides is 4. The van der Waals surface area contributed by atoms with Gasteiger partial charge in [-0.15, -0.1) is 0 Å². The van der Waals surface area contributed by atoms with E-state index in [1.807, 2.05) is 0 Å². The van der Waals surface area contributed by atoms with Gasteiger partial charge in [0, 0.05) is 6.04 Å². The molecule has 0 radical (unpaired) electrons. The molecular weight excluding hydrogens is 238 g/mol. The highest BCUT2D eigenvalue weighted by Gasteiger charge is 2.43. The van der Waals surface area contributed by atoms with Crippen LogP contribution in [-0.2, 0) is 0 Å². The molecule has 0 aromatic heterocycles. The molecule has 1 fully saturated rings. The summed E-state index contributed by atoms with van der Waals surface area (Å²) < 4.78 is 52.9. The Bertz CT molecular complexity index is 376. The summed E-state index contributed by atoms with van der Waals surface area (Å²) in [4.78, 5) is 0. The molecule has 0 saturated carbocycles. The molecule has 6 heteroatoms. The zero-order valence-corrected chi connectivity index (χ0v) is 8.80. The maximum absolute atomic E-state index is 12.6. The van der Waals surface area contributed by atoms with Crippen LogP contribution in [0.5, 0.6) is 5.75 Å². The van der Waals surface area contributed by atoms with E-state index < -0.39 is 12.5 Å². The normalized spacial score (nSPS) is 20.2. The number of hydrogen-bond acceptors (Lipinski definition) is 2. The summed E-state index contributed by atoms with van der Waals surface area (Å²) >= 11 is 0. The zero-order valence-electron chi connectivity index (χ0n) is 8.80. The smallest absolute Gasteiger partial charge is 0.428 e. The summed E-state index contributed by atoms with van der Waals surface area (Å²) in [6.07, 6.45) is -7.31. The van der Waals surface area contributed by atoms with Gasteiger partial charge in [0.05, 0.1) is 0 Å². The van der Waals surface area contributed by atoms with Gasteiger partial charge in [-0.25, -0.2) is 0 Å². The van der Waals surface area contributed by atoms with Crippen LogP contribution >= 0.6 is 0 Å². The molecule has 1 aliphatic rings. The molecule has 0 amide bonds. The highest BCUT2D eigenvalue weighted by atomic mass is 19.3. The number of hydrogen-bond donors (Lipinski definition) is 1. The SMILES string of the molecule is FC(F)C(F)(F)Oc1ccc([C@@H]2CCN2)cc1. The minimum Gasteiger partial charge on any atom is -0.428 e. The summed E-state index contributed by atoms with van der Waals surface area (Å²) in [6, 6.07) is 5.94. The van der Waals surface area contributed by atoms with E-state index in [0.717, 1.165) is 18.5 Å². The van der Waals surface area contributed by atoms with Crippen molar-refractivity contribution in [3.05, 3.63) is 29.8 Å². The lowest BCUT2D eigenvalue weighted by Gasteiger charge is -2.28. The van der Waals surface area contributed by atoms with Gasteiger partial charge in [-0.1, -0.05) is 12.1 Å². The Kier molecular flexibility index (Phi) is 3.24. The predicted molar refractivity (Wildman–Crippen MR) is 53.4 cm³/mol. The van der Waals surface area contributed by atoms with Crippen LogP contribution in [-0.4, -0.2) is 19.1 Å². The average molecular weight is 249 g/mol. The van der Waals surface area contributed by atoms with Crippen LogP contribution in [0.1, 0.15) is 18.0 Å². The van der Waals surface area contributed by atoms with Crippen LogP contribution in [0, 0.1) is 0 Å². The number of nitrogens with one attached hydrogen (secondary N) is 1. The molecule has 0 unspecified atom stereocenters. The highest BCUT2D eigenvalue weighted by Crippen LogP contribution is 2.29. The van der Waals surface area contributed by atoms with E-state index in [0.29, 0.717) is 0 Å². The number of halogens is 4. The topological polar surface area (TPSA) is 21.3 Å². The molecule has 1 N–H and O–H groups in total. The van der Waals surface area contributed by atoms with Gasteiger partial charge < -0.3 is 10.1 Å². The molecule has 2 nitrogen and oxygen atoms in total. The van der Waals surface area contributed by atoms with E-state index in [2.05, 4.69) is 10.1 Å². The van der Waals surface area contributed by atoms with Crippen molar-refractivity contribution >= 4 is 0 Å². The van der Waals surface area contributed by atoms with Gasteiger partial charge in [0.15, 0.2) is 0 Å². The van der Waals surface area contributed by atoms with E-state index >= 15 is 0 Å². The lowest BCUT2D eigenvalue weighted by molar-refractivity contribution is -0.253. The molecule has 1 atom stereocenters. The molecule has 0 spiro atoms.